The summed E-state index contributed by atoms with van der Waals surface area (Å²) in [5, 5.41) is 11.4. The smallest absolute Gasteiger partial charge is 0.412 e. The number of aryl methyl sites for hydroxylation is 1. The van der Waals surface area contributed by atoms with Crippen LogP contribution in [0.4, 0.5) is 23.7 Å². The van der Waals surface area contributed by atoms with Crippen molar-refractivity contribution in [3.05, 3.63) is 45.9 Å². The van der Waals surface area contributed by atoms with E-state index in [0.29, 0.717) is 21.5 Å². The second-order valence-corrected chi connectivity index (χ2v) is 12.9. The summed E-state index contributed by atoms with van der Waals surface area (Å²) in [6, 6.07) is 6.27. The molecule has 2 N–H and O–H groups in total. The number of alkyl halides is 3. The number of fused-ring (bicyclic) bond motifs is 2. The van der Waals surface area contributed by atoms with E-state index in [-0.39, 0.29) is 18.6 Å². The first-order valence-electron chi connectivity index (χ1n) is 13.9. The number of carbonyl (C=O) groups is 2. The summed E-state index contributed by atoms with van der Waals surface area (Å²) in [5.74, 6) is 0. The van der Waals surface area contributed by atoms with Gasteiger partial charge in [0.15, 0.2) is 6.04 Å². The summed E-state index contributed by atoms with van der Waals surface area (Å²) in [6.45, 7) is 0.824. The highest BCUT2D eigenvalue weighted by Crippen LogP contribution is 2.47. The van der Waals surface area contributed by atoms with Crippen molar-refractivity contribution < 1.29 is 32.6 Å². The first kappa shape index (κ1) is 29.0. The highest BCUT2D eigenvalue weighted by atomic mass is 35.5. The third-order valence-electron chi connectivity index (χ3n) is 8.81. The number of benzene rings is 1. The summed E-state index contributed by atoms with van der Waals surface area (Å²) < 4.78 is 46.1. The first-order valence-corrected chi connectivity index (χ1v) is 15.1. The van der Waals surface area contributed by atoms with Gasteiger partial charge in [0.1, 0.15) is 6.61 Å². The van der Waals surface area contributed by atoms with Crippen LogP contribution in [0.5, 0.6) is 0 Å². The molecule has 1 aromatic carbocycles. The molecule has 224 valence electrons. The number of carboxylic acid groups (broad SMARTS) is 1. The Bertz CT molecular complexity index is 1510. The maximum absolute atomic E-state index is 13.5. The Morgan fingerprint density at radius 3 is 2.71 bits per heavy atom. The number of halogens is 4. The molecule has 0 unspecified atom stereocenters. The van der Waals surface area contributed by atoms with Crippen LogP contribution in [0.15, 0.2) is 30.5 Å². The van der Waals surface area contributed by atoms with E-state index >= 15 is 0 Å². The number of thiophene rings is 1. The largest absolute Gasteiger partial charge is 0.483 e. The molecule has 3 aliphatic heterocycles. The topological polar surface area (TPSA) is 95.0 Å². The molecule has 42 heavy (non-hydrogen) atoms. The Morgan fingerprint density at radius 2 is 2.02 bits per heavy atom. The van der Waals surface area contributed by atoms with E-state index < -0.39 is 24.9 Å². The highest BCUT2D eigenvalue weighted by molar-refractivity contribution is 7.19. The lowest BCUT2D eigenvalue weighted by molar-refractivity contribution is -0.171. The van der Waals surface area contributed by atoms with E-state index in [2.05, 4.69) is 21.3 Å². The molecule has 3 aromatic rings. The Kier molecular flexibility index (Phi) is 7.73. The van der Waals surface area contributed by atoms with Gasteiger partial charge < -0.3 is 20.1 Å². The number of amides is 1. The summed E-state index contributed by atoms with van der Waals surface area (Å²) >= 11 is 8.02. The predicted molar refractivity (Wildman–Crippen MR) is 154 cm³/mol. The number of cyclic esters (lactones) is 1. The van der Waals surface area contributed by atoms with Crippen molar-refractivity contribution in [2.45, 2.75) is 68.9 Å². The summed E-state index contributed by atoms with van der Waals surface area (Å²) in [6.07, 6.45) is 3.14. The average molecular weight is 623 g/mol. The molecule has 0 radical (unpaired) electrons. The van der Waals surface area contributed by atoms with Gasteiger partial charge in [0.05, 0.1) is 16.8 Å². The van der Waals surface area contributed by atoms with Gasteiger partial charge in [-0.05, 0) is 68.4 Å². The van der Waals surface area contributed by atoms with Gasteiger partial charge in [0.2, 0.25) is 0 Å². The molecule has 1 amide bonds. The number of anilines is 1. The molecule has 4 aliphatic rings. The molecule has 2 atom stereocenters. The van der Waals surface area contributed by atoms with Crippen molar-refractivity contribution in [2.24, 2.45) is 0 Å². The van der Waals surface area contributed by atoms with Gasteiger partial charge >= 0.3 is 12.3 Å². The minimum atomic E-state index is -4.55. The van der Waals surface area contributed by atoms with Gasteiger partial charge in [0, 0.05) is 57.6 Å². The lowest BCUT2D eigenvalue weighted by Gasteiger charge is -2.41. The van der Waals surface area contributed by atoms with Crippen LogP contribution in [0.2, 0.25) is 5.02 Å². The molecule has 3 fully saturated rings. The molecule has 1 saturated carbocycles. The third-order valence-corrected chi connectivity index (χ3v) is 10.2. The highest BCUT2D eigenvalue weighted by Gasteiger charge is 2.51. The normalized spacial score (nSPS) is 22.9. The molecule has 1 spiro atoms. The quantitative estimate of drug-likeness (QED) is 0.333. The van der Waals surface area contributed by atoms with E-state index in [9.17, 15) is 18.0 Å². The number of nitrogens with zero attached hydrogens (tertiary/aromatic N) is 3. The molecule has 1 aliphatic carbocycles. The van der Waals surface area contributed by atoms with Crippen molar-refractivity contribution in [2.75, 3.05) is 24.6 Å². The monoisotopic (exact) mass is 622 g/mol. The maximum atomic E-state index is 13.5. The fourth-order valence-electron chi connectivity index (χ4n) is 6.78. The van der Waals surface area contributed by atoms with E-state index in [1.54, 1.807) is 12.3 Å². The van der Waals surface area contributed by atoms with Crippen LogP contribution >= 0.6 is 22.9 Å². The number of rotatable bonds is 4. The van der Waals surface area contributed by atoms with Crippen LogP contribution in [0.3, 0.4) is 0 Å². The summed E-state index contributed by atoms with van der Waals surface area (Å²) in [5.41, 5.74) is 5.40. The molecule has 8 nitrogen and oxygen atoms in total. The van der Waals surface area contributed by atoms with E-state index in [1.807, 2.05) is 12.1 Å². The van der Waals surface area contributed by atoms with Crippen molar-refractivity contribution in [1.82, 2.24) is 15.2 Å². The Balaban J connectivity index is 0.00000101. The maximum Gasteiger partial charge on any atom is 0.412 e. The standard InChI is InChI=1S/C28H28ClF3N4O2S.CH2O2/c29-17-9-16-3-1-8-35(18-12-27(34-13-18)5-2-6-27)24(16)21(10-17)20-4-7-33-22-11-19(39-25(20)22)14-36-23(28(30,31)32)15-38-26(36)37;2-1-3/h4,7,9-11,18,23,34H,1-3,5-6,8,12-15H2;1H,(H,2,3)/t18-,23+;/m0./s1. The molecule has 2 saturated heterocycles. The molecular weight excluding hydrogens is 593 g/mol. The van der Waals surface area contributed by atoms with Gasteiger partial charge in [-0.25, -0.2) is 4.79 Å². The van der Waals surface area contributed by atoms with Crippen LogP contribution in [0, 0.1) is 0 Å². The lowest BCUT2D eigenvalue weighted by Crippen LogP contribution is -2.46. The number of hydrogen-bond donors (Lipinski definition) is 2. The molecular formula is C29H30ClF3N4O4S. The number of pyridine rings is 1. The molecule has 0 bridgehead atoms. The van der Waals surface area contributed by atoms with Gasteiger partial charge in [-0.2, -0.15) is 13.2 Å². The zero-order valence-corrected chi connectivity index (χ0v) is 24.2. The van der Waals surface area contributed by atoms with Gasteiger partial charge in [-0.3, -0.25) is 14.7 Å². The van der Waals surface area contributed by atoms with Crippen molar-refractivity contribution in [3.8, 4) is 11.1 Å². The molecule has 7 rings (SSSR count). The van der Waals surface area contributed by atoms with Crippen LogP contribution in [0.1, 0.15) is 42.5 Å². The van der Waals surface area contributed by atoms with Crippen molar-refractivity contribution in [3.63, 3.8) is 0 Å². The lowest BCUT2D eigenvalue weighted by atomic mass is 9.75. The minimum absolute atomic E-state index is 0.181. The van der Waals surface area contributed by atoms with Crippen LogP contribution in [-0.2, 0) is 22.5 Å². The van der Waals surface area contributed by atoms with Gasteiger partial charge in [-0.15, -0.1) is 11.3 Å². The first-order chi connectivity index (χ1) is 20.1. The van der Waals surface area contributed by atoms with Crippen molar-refractivity contribution >= 4 is 51.4 Å². The van der Waals surface area contributed by atoms with Crippen LogP contribution in [0.25, 0.3) is 21.3 Å². The molecule has 13 heteroatoms. The number of carbonyl (C=O) groups excluding carboxylic acids is 1. The second-order valence-electron chi connectivity index (χ2n) is 11.3. The average Bonchev–Trinajstić information content (AvgIpc) is 3.65. The summed E-state index contributed by atoms with van der Waals surface area (Å²) in [4.78, 5) is 29.0. The van der Waals surface area contributed by atoms with Gasteiger partial charge in [-0.1, -0.05) is 11.6 Å². The van der Waals surface area contributed by atoms with E-state index in [0.717, 1.165) is 53.1 Å². The number of hydrogen-bond acceptors (Lipinski definition) is 7. The van der Waals surface area contributed by atoms with Gasteiger partial charge in [0.25, 0.3) is 6.47 Å². The number of aromatic nitrogens is 1. The van der Waals surface area contributed by atoms with E-state index in [1.165, 1.54) is 41.9 Å². The predicted octanol–water partition coefficient (Wildman–Crippen LogP) is 6.24. The molecule has 5 heterocycles. The Morgan fingerprint density at radius 1 is 1.24 bits per heavy atom. The Labute approximate surface area is 249 Å². The SMILES string of the molecule is O=C1OC[C@H](C(F)(F)F)N1Cc1cc2nccc(-c3cc(Cl)cc4c3N([C@@H]3CNC5(CCC5)C3)CCC4)c2s1.O=CO. The van der Waals surface area contributed by atoms with Crippen molar-refractivity contribution in [1.29, 1.82) is 0 Å². The number of nitrogens with one attached hydrogen (secondary N) is 1. The zero-order valence-electron chi connectivity index (χ0n) is 22.6. The minimum Gasteiger partial charge on any atom is -0.483 e. The second kappa shape index (κ2) is 11.2. The summed E-state index contributed by atoms with van der Waals surface area (Å²) in [7, 11) is 0. The fourth-order valence-corrected chi connectivity index (χ4v) is 8.17. The Hall–Kier alpha value is -3.09. The fraction of sp³-hybridized carbons (Fsp3) is 0.483. The molecule has 2 aromatic heterocycles. The van der Waals surface area contributed by atoms with E-state index in [4.69, 9.17) is 26.2 Å². The van der Waals surface area contributed by atoms with Crippen LogP contribution in [-0.4, -0.2) is 71.1 Å². The number of ether oxygens (including phenoxy) is 1. The third kappa shape index (κ3) is 5.28. The van der Waals surface area contributed by atoms with Crippen LogP contribution < -0.4 is 10.2 Å². The zero-order chi connectivity index (χ0) is 29.6.